The molecular formula is C27H54N6. The Bertz CT molecular complexity index is 615. The van der Waals surface area contributed by atoms with Crippen LogP contribution in [0, 0.1) is 0 Å². The van der Waals surface area contributed by atoms with Crippen LogP contribution in [0.4, 0.5) is 0 Å². The van der Waals surface area contributed by atoms with E-state index in [1.165, 1.54) is 11.3 Å². The van der Waals surface area contributed by atoms with Crippen LogP contribution >= 0.6 is 0 Å². The van der Waals surface area contributed by atoms with Crippen molar-refractivity contribution >= 4 is 0 Å². The van der Waals surface area contributed by atoms with E-state index in [4.69, 9.17) is 0 Å². The van der Waals surface area contributed by atoms with Crippen LogP contribution in [-0.2, 0) is 16.4 Å². The fourth-order valence-electron chi connectivity index (χ4n) is 2.00. The smallest absolute Gasteiger partial charge is 0.0543 e. The van der Waals surface area contributed by atoms with Gasteiger partial charge in [0.25, 0.3) is 0 Å². The maximum Gasteiger partial charge on any atom is 0.0543 e. The van der Waals surface area contributed by atoms with Gasteiger partial charge in [-0.3, -0.25) is 14.9 Å². The normalized spacial score (nSPS) is 10.3. The molecule has 2 N–H and O–H groups in total. The lowest BCUT2D eigenvalue weighted by Crippen LogP contribution is -2.21. The summed E-state index contributed by atoms with van der Waals surface area (Å²) in [5.74, 6) is 0. The largest absolute Gasteiger partial charge is 0.285 e. The van der Waals surface area contributed by atoms with Gasteiger partial charge in [-0.1, -0.05) is 83.1 Å². The van der Waals surface area contributed by atoms with Crippen molar-refractivity contribution in [2.45, 2.75) is 120 Å². The van der Waals surface area contributed by atoms with E-state index in [9.17, 15) is 0 Å². The molecule has 0 bridgehead atoms. The van der Waals surface area contributed by atoms with Crippen LogP contribution < -0.4 is 0 Å². The van der Waals surface area contributed by atoms with E-state index in [1.807, 2.05) is 76.9 Å². The summed E-state index contributed by atoms with van der Waals surface area (Å²) < 4.78 is 1.94. The Morgan fingerprint density at radius 3 is 1.45 bits per heavy atom. The predicted molar refractivity (Wildman–Crippen MR) is 146 cm³/mol. The molecule has 0 aliphatic carbocycles. The lowest BCUT2D eigenvalue weighted by molar-refractivity contribution is 0.355. The van der Waals surface area contributed by atoms with Crippen molar-refractivity contribution in [1.82, 2.24) is 30.2 Å². The molecule has 0 amide bonds. The molecule has 6 nitrogen and oxygen atoms in total. The molecule has 33 heavy (non-hydrogen) atoms. The van der Waals surface area contributed by atoms with Crippen molar-refractivity contribution in [3.05, 3.63) is 54.4 Å². The molecule has 3 heterocycles. The summed E-state index contributed by atoms with van der Waals surface area (Å²) in [6, 6.07) is 3.94. The summed E-state index contributed by atoms with van der Waals surface area (Å²) in [6.07, 6.45) is 9.34. The van der Waals surface area contributed by atoms with Crippen LogP contribution in [0.5, 0.6) is 0 Å². The van der Waals surface area contributed by atoms with Crippen molar-refractivity contribution in [3.63, 3.8) is 0 Å². The van der Waals surface area contributed by atoms with Crippen LogP contribution in [0.25, 0.3) is 0 Å². The molecule has 0 radical (unpaired) electrons. The van der Waals surface area contributed by atoms with E-state index in [1.54, 1.807) is 12.4 Å². The summed E-state index contributed by atoms with van der Waals surface area (Å²) in [5.41, 5.74) is 3.00. The molecule has 3 aromatic heterocycles. The first-order valence-electron chi connectivity index (χ1n) is 12.3. The molecule has 3 aromatic rings. The van der Waals surface area contributed by atoms with Gasteiger partial charge in [0.2, 0.25) is 0 Å². The summed E-state index contributed by atoms with van der Waals surface area (Å²) in [6.45, 7) is 31.3. The lowest BCUT2D eigenvalue weighted by Gasteiger charge is -2.18. The van der Waals surface area contributed by atoms with Gasteiger partial charge in [0.05, 0.1) is 11.7 Å². The Labute approximate surface area is 205 Å². The molecule has 192 valence electrons. The van der Waals surface area contributed by atoms with Gasteiger partial charge in [0.1, 0.15) is 0 Å². The third-order valence-corrected chi connectivity index (χ3v) is 3.86. The highest BCUT2D eigenvalue weighted by atomic mass is 15.3. The van der Waals surface area contributed by atoms with E-state index in [0.717, 1.165) is 0 Å². The highest BCUT2D eigenvalue weighted by Crippen LogP contribution is 2.19. The van der Waals surface area contributed by atoms with Crippen molar-refractivity contribution in [3.8, 4) is 0 Å². The van der Waals surface area contributed by atoms with Crippen LogP contribution in [0.1, 0.15) is 115 Å². The topological polar surface area (TPSA) is 75.2 Å². The molecule has 0 unspecified atom stereocenters. The minimum Gasteiger partial charge on any atom is -0.285 e. The van der Waals surface area contributed by atoms with Crippen molar-refractivity contribution in [1.29, 1.82) is 0 Å². The molecule has 0 aliphatic heterocycles. The van der Waals surface area contributed by atoms with E-state index >= 15 is 0 Å². The van der Waals surface area contributed by atoms with Gasteiger partial charge >= 0.3 is 0 Å². The first-order chi connectivity index (χ1) is 15.3. The Morgan fingerprint density at radius 1 is 0.727 bits per heavy atom. The molecule has 0 aliphatic rings. The van der Waals surface area contributed by atoms with Gasteiger partial charge < -0.3 is 0 Å². The standard InChI is InChI=1S/3C7H12N2.3C2H6/c1-7(2,3)6-4-8-9-5-6;1-7(2,3)9-6-4-5-8-9;1-7(2,3)6-4-5-8-9-6;3*1-2/h4-5H,1-3H3,(H,8,9);4-6H,1-3H3;4-5H,1-3H3,(H,8,9);3*1-2H3. The Morgan fingerprint density at radius 2 is 1.27 bits per heavy atom. The highest BCUT2D eigenvalue weighted by molar-refractivity contribution is 5.13. The van der Waals surface area contributed by atoms with E-state index in [0.29, 0.717) is 0 Å². The van der Waals surface area contributed by atoms with Crippen molar-refractivity contribution < 1.29 is 0 Å². The maximum atomic E-state index is 4.10. The average molecular weight is 463 g/mol. The van der Waals surface area contributed by atoms with Gasteiger partial charge in [-0.25, -0.2) is 0 Å². The lowest BCUT2D eigenvalue weighted by atomic mass is 9.90. The fraction of sp³-hybridized carbons (Fsp3) is 0.667. The molecule has 3 rings (SSSR count). The van der Waals surface area contributed by atoms with Gasteiger partial charge in [-0.2, -0.15) is 15.3 Å². The summed E-state index contributed by atoms with van der Waals surface area (Å²) >= 11 is 0. The second kappa shape index (κ2) is 18.1. The van der Waals surface area contributed by atoms with Crippen LogP contribution in [0.3, 0.4) is 0 Å². The molecule has 0 saturated heterocycles. The number of nitrogens with zero attached hydrogens (tertiary/aromatic N) is 4. The van der Waals surface area contributed by atoms with Gasteiger partial charge in [0.15, 0.2) is 0 Å². The average Bonchev–Trinajstić information content (AvgIpc) is 3.55. The third-order valence-electron chi connectivity index (χ3n) is 3.86. The SMILES string of the molecule is CC.CC.CC.CC(C)(C)c1ccn[nH]1.CC(C)(C)c1cn[nH]c1.CC(C)(C)n1cccn1. The highest BCUT2D eigenvalue weighted by Gasteiger charge is 2.14. The number of hydrogen-bond donors (Lipinski definition) is 2. The zero-order chi connectivity index (χ0) is 26.7. The van der Waals surface area contributed by atoms with E-state index < -0.39 is 0 Å². The predicted octanol–water partition coefficient (Wildman–Crippen LogP) is 8.13. The van der Waals surface area contributed by atoms with Crippen molar-refractivity contribution in [2.24, 2.45) is 0 Å². The molecule has 0 spiro atoms. The molecule has 0 atom stereocenters. The fourth-order valence-corrected chi connectivity index (χ4v) is 2.00. The number of aromatic nitrogens is 6. The monoisotopic (exact) mass is 462 g/mol. The van der Waals surface area contributed by atoms with Crippen LogP contribution in [0.2, 0.25) is 0 Å². The maximum absolute atomic E-state index is 4.10. The summed E-state index contributed by atoms with van der Waals surface area (Å²) in [5, 5.41) is 17.5. The number of hydrogen-bond acceptors (Lipinski definition) is 3. The van der Waals surface area contributed by atoms with Gasteiger partial charge in [-0.05, 0) is 43.9 Å². The van der Waals surface area contributed by atoms with Gasteiger partial charge in [-0.15, -0.1) is 0 Å². The molecule has 0 fully saturated rings. The third kappa shape index (κ3) is 16.9. The minimum atomic E-state index is 0.128. The first kappa shape index (κ1) is 35.2. The Kier molecular flexibility index (Phi) is 19.3. The van der Waals surface area contributed by atoms with Crippen LogP contribution in [-0.4, -0.2) is 30.2 Å². The zero-order valence-electron chi connectivity index (χ0n) is 24.3. The zero-order valence-corrected chi connectivity index (χ0v) is 24.3. The first-order valence-corrected chi connectivity index (χ1v) is 12.3. The number of rotatable bonds is 0. The Hall–Kier alpha value is -2.37. The molecular weight excluding hydrogens is 408 g/mol. The molecule has 0 aromatic carbocycles. The Balaban J connectivity index is -0.000000367. The second-order valence-corrected chi connectivity index (χ2v) is 9.58. The number of aromatic amines is 2. The second-order valence-electron chi connectivity index (χ2n) is 9.58. The summed E-state index contributed by atoms with van der Waals surface area (Å²) in [4.78, 5) is 0. The van der Waals surface area contributed by atoms with Crippen molar-refractivity contribution in [2.75, 3.05) is 0 Å². The van der Waals surface area contributed by atoms with E-state index in [2.05, 4.69) is 87.8 Å². The number of nitrogens with one attached hydrogen (secondary N) is 2. The molecule has 0 saturated carbocycles. The number of H-pyrrole nitrogens is 2. The molecule has 6 heteroatoms. The minimum absolute atomic E-state index is 0.128. The van der Waals surface area contributed by atoms with E-state index in [-0.39, 0.29) is 16.4 Å². The van der Waals surface area contributed by atoms with Gasteiger partial charge in [0, 0.05) is 35.9 Å². The quantitative estimate of drug-likeness (QED) is 0.354. The van der Waals surface area contributed by atoms with Crippen LogP contribution in [0.15, 0.2) is 43.1 Å². The summed E-state index contributed by atoms with van der Waals surface area (Å²) in [7, 11) is 0.